The van der Waals surface area contributed by atoms with Crippen LogP contribution in [0, 0.1) is 5.41 Å². The predicted molar refractivity (Wildman–Crippen MR) is 144 cm³/mol. The molecule has 10 nitrogen and oxygen atoms in total. The summed E-state index contributed by atoms with van der Waals surface area (Å²) < 4.78 is 2.01. The van der Waals surface area contributed by atoms with Gasteiger partial charge in [-0.3, -0.25) is 10.2 Å². The number of likely N-dealkylation sites (tertiary alicyclic amines) is 1. The van der Waals surface area contributed by atoms with Crippen LogP contribution in [-0.2, 0) is 23.8 Å². The number of amides is 2. The van der Waals surface area contributed by atoms with Crippen molar-refractivity contribution in [2.24, 2.45) is 12.8 Å². The SMILES string of the molecule is CCN(CC(C)(C(=O)N1CCCC1)c1ccc2c(c1)nc(CNc1ccc(C(=N)N)cc1)n2C)C(=O)O. The van der Waals surface area contributed by atoms with Gasteiger partial charge < -0.3 is 30.5 Å². The third-order valence-electron chi connectivity index (χ3n) is 7.28. The number of nitrogens with two attached hydrogens (primary N) is 1. The van der Waals surface area contributed by atoms with Gasteiger partial charge in [0.25, 0.3) is 0 Å². The molecule has 1 atom stereocenters. The number of hydrogen-bond donors (Lipinski definition) is 4. The van der Waals surface area contributed by atoms with Crippen LogP contribution in [0.1, 0.15) is 43.6 Å². The Morgan fingerprint density at radius 1 is 1.19 bits per heavy atom. The van der Waals surface area contributed by atoms with E-state index in [-0.39, 0.29) is 18.3 Å². The van der Waals surface area contributed by atoms with Crippen LogP contribution in [0.25, 0.3) is 11.0 Å². The van der Waals surface area contributed by atoms with Crippen molar-refractivity contribution < 1.29 is 14.7 Å². The van der Waals surface area contributed by atoms with E-state index in [2.05, 4.69) is 5.32 Å². The molecule has 37 heavy (non-hydrogen) atoms. The van der Waals surface area contributed by atoms with Crippen LogP contribution in [0.5, 0.6) is 0 Å². The van der Waals surface area contributed by atoms with Gasteiger partial charge in [0.05, 0.1) is 23.0 Å². The average molecular weight is 506 g/mol. The Labute approximate surface area is 216 Å². The van der Waals surface area contributed by atoms with Crippen LogP contribution in [0.2, 0.25) is 0 Å². The third kappa shape index (κ3) is 5.23. The lowest BCUT2D eigenvalue weighted by atomic mass is 9.80. The Bertz CT molecular complexity index is 1310. The van der Waals surface area contributed by atoms with Crippen molar-refractivity contribution in [3.63, 3.8) is 0 Å². The second-order valence-corrected chi connectivity index (χ2v) is 9.76. The van der Waals surface area contributed by atoms with E-state index in [0.717, 1.165) is 41.0 Å². The number of amidine groups is 1. The number of nitrogens with zero attached hydrogens (tertiary/aromatic N) is 4. The Morgan fingerprint density at radius 3 is 2.46 bits per heavy atom. The lowest BCUT2D eigenvalue weighted by Crippen LogP contribution is -2.51. The number of imidazole rings is 1. The van der Waals surface area contributed by atoms with Crippen LogP contribution >= 0.6 is 0 Å². The predicted octanol–water partition coefficient (Wildman–Crippen LogP) is 3.35. The Morgan fingerprint density at radius 2 is 1.86 bits per heavy atom. The van der Waals surface area contributed by atoms with Crippen LogP contribution in [-0.4, -0.2) is 68.5 Å². The number of anilines is 1. The fourth-order valence-electron chi connectivity index (χ4n) is 4.95. The lowest BCUT2D eigenvalue weighted by Gasteiger charge is -2.36. The first-order valence-corrected chi connectivity index (χ1v) is 12.6. The highest BCUT2D eigenvalue weighted by Crippen LogP contribution is 2.32. The molecule has 3 aromatic rings. The summed E-state index contributed by atoms with van der Waals surface area (Å²) in [5.41, 5.74) is 8.49. The van der Waals surface area contributed by atoms with Gasteiger partial charge in [0.2, 0.25) is 5.91 Å². The maximum atomic E-state index is 13.7. The van der Waals surface area contributed by atoms with Crippen molar-refractivity contribution in [1.29, 1.82) is 5.41 Å². The van der Waals surface area contributed by atoms with Crippen molar-refractivity contribution in [2.45, 2.75) is 38.6 Å². The van der Waals surface area contributed by atoms with E-state index in [4.69, 9.17) is 16.1 Å². The maximum Gasteiger partial charge on any atom is 0.407 e. The molecule has 2 aromatic carbocycles. The summed E-state index contributed by atoms with van der Waals surface area (Å²) in [6.07, 6.45) is 0.892. The lowest BCUT2D eigenvalue weighted by molar-refractivity contribution is -0.136. The second kappa shape index (κ2) is 10.5. The van der Waals surface area contributed by atoms with Crippen LogP contribution in [0.15, 0.2) is 42.5 Å². The quantitative estimate of drug-likeness (QED) is 0.260. The van der Waals surface area contributed by atoms with Gasteiger partial charge in [0.1, 0.15) is 11.7 Å². The summed E-state index contributed by atoms with van der Waals surface area (Å²) in [5, 5.41) is 20.6. The third-order valence-corrected chi connectivity index (χ3v) is 7.28. The molecule has 196 valence electrons. The first kappa shape index (κ1) is 26.0. The van der Waals surface area contributed by atoms with Gasteiger partial charge in [-0.15, -0.1) is 0 Å². The number of nitrogens with one attached hydrogen (secondary N) is 2. The minimum atomic E-state index is -1.04. The molecule has 1 aromatic heterocycles. The number of aryl methyl sites for hydroxylation is 1. The van der Waals surface area contributed by atoms with Gasteiger partial charge in [-0.05, 0) is 68.7 Å². The van der Waals surface area contributed by atoms with Crippen LogP contribution in [0.4, 0.5) is 10.5 Å². The van der Waals surface area contributed by atoms with Crippen molar-refractivity contribution in [1.82, 2.24) is 19.4 Å². The molecule has 1 saturated heterocycles. The van der Waals surface area contributed by atoms with Crippen molar-refractivity contribution in [3.05, 3.63) is 59.4 Å². The van der Waals surface area contributed by atoms with Gasteiger partial charge >= 0.3 is 6.09 Å². The Hall–Kier alpha value is -4.08. The van der Waals surface area contributed by atoms with Crippen molar-refractivity contribution in [3.8, 4) is 0 Å². The molecule has 0 radical (unpaired) electrons. The van der Waals surface area contributed by atoms with Crippen molar-refractivity contribution >= 4 is 34.6 Å². The van der Waals surface area contributed by atoms with E-state index in [9.17, 15) is 14.7 Å². The zero-order valence-electron chi connectivity index (χ0n) is 21.6. The van der Waals surface area contributed by atoms with Gasteiger partial charge in [0.15, 0.2) is 0 Å². The molecule has 0 aliphatic carbocycles. The van der Waals surface area contributed by atoms with E-state index in [1.165, 1.54) is 4.90 Å². The normalized spacial score (nSPS) is 14.9. The standard InChI is InChI=1S/C27H35N7O3/c1-4-33(26(36)37)17-27(2,25(35)34-13-5-6-14-34)19-9-12-22-21(15-19)31-23(32(22)3)16-30-20-10-7-18(8-11-20)24(28)29/h7-12,15,30H,4-6,13-14,16-17H2,1-3H3,(H3,28,29)(H,36,37). The summed E-state index contributed by atoms with van der Waals surface area (Å²) in [7, 11) is 1.95. The smallest absolute Gasteiger partial charge is 0.407 e. The molecule has 2 amide bonds. The number of fused-ring (bicyclic) bond motifs is 1. The fourth-order valence-corrected chi connectivity index (χ4v) is 4.95. The van der Waals surface area contributed by atoms with Gasteiger partial charge in [0, 0.05) is 44.5 Å². The fraction of sp³-hybridized carbons (Fsp3) is 0.407. The number of carbonyl (C=O) groups is 2. The molecular weight excluding hydrogens is 470 g/mol. The van der Waals surface area contributed by atoms with Crippen LogP contribution < -0.4 is 11.1 Å². The zero-order valence-corrected chi connectivity index (χ0v) is 21.6. The molecule has 2 heterocycles. The minimum Gasteiger partial charge on any atom is -0.465 e. The molecule has 0 bridgehead atoms. The minimum absolute atomic E-state index is 0.0262. The summed E-state index contributed by atoms with van der Waals surface area (Å²) in [5.74, 6) is 0.797. The highest BCUT2D eigenvalue weighted by atomic mass is 16.4. The first-order chi connectivity index (χ1) is 17.6. The number of nitrogen functional groups attached to an aromatic ring is 1. The van der Waals surface area contributed by atoms with Crippen molar-refractivity contribution in [2.75, 3.05) is 31.5 Å². The van der Waals surface area contributed by atoms with E-state index < -0.39 is 11.5 Å². The number of carbonyl (C=O) groups excluding carboxylic acids is 1. The molecule has 1 aliphatic heterocycles. The summed E-state index contributed by atoms with van der Waals surface area (Å²) in [6.45, 7) is 5.88. The molecule has 0 spiro atoms. The Kier molecular flexibility index (Phi) is 7.37. The number of rotatable bonds is 9. The summed E-state index contributed by atoms with van der Waals surface area (Å²) >= 11 is 0. The average Bonchev–Trinajstić information content (AvgIpc) is 3.53. The number of hydrogen-bond acceptors (Lipinski definition) is 5. The monoisotopic (exact) mass is 505 g/mol. The van der Waals surface area contributed by atoms with E-state index >= 15 is 0 Å². The zero-order chi connectivity index (χ0) is 26.7. The first-order valence-electron chi connectivity index (χ1n) is 12.6. The molecule has 1 aliphatic rings. The molecule has 5 N–H and O–H groups in total. The molecule has 1 unspecified atom stereocenters. The van der Waals surface area contributed by atoms with Gasteiger partial charge in [-0.25, -0.2) is 9.78 Å². The van der Waals surface area contributed by atoms with Gasteiger partial charge in [-0.1, -0.05) is 6.07 Å². The highest BCUT2D eigenvalue weighted by molar-refractivity contribution is 5.95. The largest absolute Gasteiger partial charge is 0.465 e. The number of carboxylic acid groups (broad SMARTS) is 1. The van der Waals surface area contributed by atoms with Crippen LogP contribution in [0.3, 0.4) is 0 Å². The summed E-state index contributed by atoms with van der Waals surface area (Å²) in [4.78, 5) is 33.5. The maximum absolute atomic E-state index is 13.7. The van der Waals surface area contributed by atoms with Gasteiger partial charge in [-0.2, -0.15) is 0 Å². The number of likely N-dealkylation sites (N-methyl/N-ethyl adjacent to an activating group) is 1. The number of aromatic nitrogens is 2. The van der Waals surface area contributed by atoms with E-state index in [1.54, 1.807) is 19.1 Å². The molecule has 0 saturated carbocycles. The molecule has 4 rings (SSSR count). The molecular formula is C27H35N7O3. The summed E-state index contributed by atoms with van der Waals surface area (Å²) in [6, 6.07) is 13.1. The molecule has 1 fully saturated rings. The second-order valence-electron chi connectivity index (χ2n) is 9.76. The highest BCUT2D eigenvalue weighted by Gasteiger charge is 2.41. The van der Waals surface area contributed by atoms with E-state index in [1.807, 2.05) is 53.8 Å². The number of benzene rings is 2. The molecule has 10 heteroatoms. The Balaban J connectivity index is 1.63. The van der Waals surface area contributed by atoms with E-state index in [0.29, 0.717) is 31.7 Å². The topological polar surface area (TPSA) is 141 Å².